The Morgan fingerprint density at radius 3 is 2.73 bits per heavy atom. The van der Waals surface area contributed by atoms with Crippen molar-refractivity contribution in [2.24, 2.45) is 11.7 Å². The minimum Gasteiger partial charge on any atom is -0.381 e. The van der Waals surface area contributed by atoms with Crippen molar-refractivity contribution in [3.8, 4) is 0 Å². The molecule has 2 rings (SSSR count). The van der Waals surface area contributed by atoms with Crippen molar-refractivity contribution in [3.05, 3.63) is 0 Å². The van der Waals surface area contributed by atoms with Gasteiger partial charge in [-0.2, -0.15) is 11.8 Å². The molecule has 0 amide bonds. The fourth-order valence-corrected chi connectivity index (χ4v) is 3.56. The Morgan fingerprint density at radius 2 is 2.20 bits per heavy atom. The molecular formula is C11H22N2OS. The highest BCUT2D eigenvalue weighted by Crippen LogP contribution is 2.32. The molecule has 0 aromatic rings. The van der Waals surface area contributed by atoms with E-state index in [-0.39, 0.29) is 5.54 Å². The minimum atomic E-state index is 0.164. The Labute approximate surface area is 96.7 Å². The molecule has 2 heterocycles. The summed E-state index contributed by atoms with van der Waals surface area (Å²) in [5, 5.41) is 0. The molecule has 0 spiro atoms. The van der Waals surface area contributed by atoms with Gasteiger partial charge in [0.05, 0.1) is 6.61 Å². The van der Waals surface area contributed by atoms with Gasteiger partial charge < -0.3 is 10.5 Å². The van der Waals surface area contributed by atoms with Gasteiger partial charge in [0.1, 0.15) is 0 Å². The third-order valence-corrected chi connectivity index (χ3v) is 4.90. The van der Waals surface area contributed by atoms with Gasteiger partial charge in [0, 0.05) is 49.2 Å². The molecule has 2 aliphatic heterocycles. The highest BCUT2D eigenvalue weighted by atomic mass is 32.2. The summed E-state index contributed by atoms with van der Waals surface area (Å²) >= 11 is 2.05. The van der Waals surface area contributed by atoms with Crippen LogP contribution < -0.4 is 5.73 Å². The van der Waals surface area contributed by atoms with Crippen molar-refractivity contribution in [1.82, 2.24) is 4.90 Å². The van der Waals surface area contributed by atoms with E-state index in [1.807, 2.05) is 0 Å². The lowest BCUT2D eigenvalue weighted by atomic mass is 9.83. The maximum Gasteiger partial charge on any atom is 0.0513 e. The Morgan fingerprint density at radius 1 is 1.47 bits per heavy atom. The molecule has 2 fully saturated rings. The topological polar surface area (TPSA) is 38.5 Å². The van der Waals surface area contributed by atoms with Gasteiger partial charge in [0.15, 0.2) is 0 Å². The zero-order valence-electron chi connectivity index (χ0n) is 9.58. The van der Waals surface area contributed by atoms with E-state index in [0.29, 0.717) is 5.92 Å². The van der Waals surface area contributed by atoms with Crippen molar-refractivity contribution in [1.29, 1.82) is 0 Å². The molecule has 88 valence electrons. The van der Waals surface area contributed by atoms with Crippen LogP contribution >= 0.6 is 11.8 Å². The summed E-state index contributed by atoms with van der Waals surface area (Å²) in [6.07, 6.45) is 1.18. The van der Waals surface area contributed by atoms with Crippen LogP contribution in [0.25, 0.3) is 0 Å². The first-order valence-corrected chi connectivity index (χ1v) is 7.03. The molecule has 4 heteroatoms. The first-order valence-electron chi connectivity index (χ1n) is 5.88. The Balaban J connectivity index is 2.04. The van der Waals surface area contributed by atoms with Gasteiger partial charge in [0.2, 0.25) is 0 Å². The number of hydrogen-bond acceptors (Lipinski definition) is 4. The number of nitrogens with zero attached hydrogens (tertiary/aromatic N) is 1. The van der Waals surface area contributed by atoms with E-state index < -0.39 is 0 Å². The summed E-state index contributed by atoms with van der Waals surface area (Å²) in [6, 6.07) is 0. The highest BCUT2D eigenvalue weighted by Gasteiger charge is 2.40. The fraction of sp³-hybridized carbons (Fsp3) is 1.00. The van der Waals surface area contributed by atoms with E-state index in [1.165, 1.54) is 31.0 Å². The molecule has 2 aliphatic rings. The Bertz CT molecular complexity index is 203. The predicted octanol–water partition coefficient (Wildman–Crippen LogP) is 0.789. The van der Waals surface area contributed by atoms with Crippen molar-refractivity contribution in [2.45, 2.75) is 18.9 Å². The van der Waals surface area contributed by atoms with E-state index in [0.717, 1.165) is 19.8 Å². The molecule has 2 saturated heterocycles. The molecule has 0 radical (unpaired) electrons. The second-order valence-electron chi connectivity index (χ2n) is 4.72. The second kappa shape index (κ2) is 5.04. The standard InChI is InChI=1S/C11H22N2OS/c1-11(9-12,10-2-5-14-8-10)13-3-6-15-7-4-13/h10H,2-9,12H2,1H3. The van der Waals surface area contributed by atoms with Gasteiger partial charge >= 0.3 is 0 Å². The van der Waals surface area contributed by atoms with E-state index in [9.17, 15) is 0 Å². The van der Waals surface area contributed by atoms with Crippen LogP contribution in [-0.2, 0) is 4.74 Å². The van der Waals surface area contributed by atoms with Gasteiger partial charge in [0.25, 0.3) is 0 Å². The molecule has 0 aliphatic carbocycles. The lowest BCUT2D eigenvalue weighted by molar-refractivity contribution is 0.0534. The van der Waals surface area contributed by atoms with Gasteiger partial charge in [-0.05, 0) is 13.3 Å². The average Bonchev–Trinajstić information content (AvgIpc) is 2.83. The molecule has 2 unspecified atom stereocenters. The van der Waals surface area contributed by atoms with Crippen molar-refractivity contribution < 1.29 is 4.74 Å². The Hall–Kier alpha value is 0.230. The van der Waals surface area contributed by atoms with Gasteiger partial charge in [-0.25, -0.2) is 0 Å². The van der Waals surface area contributed by atoms with Crippen LogP contribution in [0.4, 0.5) is 0 Å². The largest absolute Gasteiger partial charge is 0.381 e. The van der Waals surface area contributed by atoms with E-state index in [4.69, 9.17) is 10.5 Å². The zero-order valence-corrected chi connectivity index (χ0v) is 10.4. The quantitative estimate of drug-likeness (QED) is 0.778. The van der Waals surface area contributed by atoms with Crippen molar-refractivity contribution in [3.63, 3.8) is 0 Å². The van der Waals surface area contributed by atoms with Crippen LogP contribution in [0.15, 0.2) is 0 Å². The summed E-state index contributed by atoms with van der Waals surface area (Å²) in [5.74, 6) is 3.14. The van der Waals surface area contributed by atoms with Crippen molar-refractivity contribution in [2.75, 3.05) is 44.4 Å². The molecule has 3 nitrogen and oxygen atoms in total. The van der Waals surface area contributed by atoms with Gasteiger partial charge in [-0.15, -0.1) is 0 Å². The predicted molar refractivity (Wildman–Crippen MR) is 65.3 cm³/mol. The maximum atomic E-state index is 6.01. The monoisotopic (exact) mass is 230 g/mol. The summed E-state index contributed by atoms with van der Waals surface area (Å²) in [4.78, 5) is 2.59. The van der Waals surface area contributed by atoms with Crippen LogP contribution in [0.5, 0.6) is 0 Å². The minimum absolute atomic E-state index is 0.164. The third kappa shape index (κ3) is 2.33. The van der Waals surface area contributed by atoms with Gasteiger partial charge in [-0.1, -0.05) is 0 Å². The fourth-order valence-electron chi connectivity index (χ4n) is 2.65. The van der Waals surface area contributed by atoms with Crippen LogP contribution in [0.1, 0.15) is 13.3 Å². The molecule has 0 aromatic heterocycles. The van der Waals surface area contributed by atoms with Crippen LogP contribution in [0.2, 0.25) is 0 Å². The number of hydrogen-bond donors (Lipinski definition) is 1. The number of ether oxygens (including phenoxy) is 1. The number of nitrogens with two attached hydrogens (primary N) is 1. The molecule has 2 N–H and O–H groups in total. The van der Waals surface area contributed by atoms with Crippen LogP contribution in [0, 0.1) is 5.92 Å². The lowest BCUT2D eigenvalue weighted by Crippen LogP contribution is -2.59. The SMILES string of the molecule is CC(CN)(C1CCOC1)N1CCSCC1. The molecule has 15 heavy (non-hydrogen) atoms. The summed E-state index contributed by atoms with van der Waals surface area (Å²) in [5.41, 5.74) is 6.18. The Kier molecular flexibility index (Phi) is 3.93. The van der Waals surface area contributed by atoms with Gasteiger partial charge in [-0.3, -0.25) is 4.90 Å². The molecule has 0 aromatic carbocycles. The van der Waals surface area contributed by atoms with E-state index in [1.54, 1.807) is 0 Å². The molecule has 0 bridgehead atoms. The van der Waals surface area contributed by atoms with Crippen molar-refractivity contribution >= 4 is 11.8 Å². The first-order chi connectivity index (χ1) is 7.27. The maximum absolute atomic E-state index is 6.01. The van der Waals surface area contributed by atoms with E-state index >= 15 is 0 Å². The zero-order chi connectivity index (χ0) is 10.7. The molecule has 2 atom stereocenters. The van der Waals surface area contributed by atoms with Crippen LogP contribution in [0.3, 0.4) is 0 Å². The normalized spacial score (nSPS) is 32.8. The summed E-state index contributed by atoms with van der Waals surface area (Å²) in [6.45, 7) is 7.28. The average molecular weight is 230 g/mol. The second-order valence-corrected chi connectivity index (χ2v) is 5.95. The first kappa shape index (κ1) is 11.7. The molecule has 0 saturated carbocycles. The van der Waals surface area contributed by atoms with E-state index in [2.05, 4.69) is 23.6 Å². The van der Waals surface area contributed by atoms with Crippen LogP contribution in [-0.4, -0.2) is 54.8 Å². The lowest BCUT2D eigenvalue weighted by Gasteiger charge is -2.46. The number of thioether (sulfide) groups is 1. The number of rotatable bonds is 3. The smallest absolute Gasteiger partial charge is 0.0513 e. The highest BCUT2D eigenvalue weighted by molar-refractivity contribution is 7.99. The third-order valence-electron chi connectivity index (χ3n) is 3.96. The summed E-state index contributed by atoms with van der Waals surface area (Å²) < 4.78 is 5.51. The summed E-state index contributed by atoms with van der Waals surface area (Å²) in [7, 11) is 0. The molecular weight excluding hydrogens is 208 g/mol.